The zero-order valence-corrected chi connectivity index (χ0v) is 9.72. The number of nitrogens with one attached hydrogen (secondary N) is 1. The maximum Gasteiger partial charge on any atom is 0.306 e. The molecule has 1 aliphatic carbocycles. The molecule has 0 bridgehead atoms. The van der Waals surface area contributed by atoms with Crippen LogP contribution in [-0.2, 0) is 4.79 Å². The van der Waals surface area contributed by atoms with Crippen LogP contribution in [0.25, 0.3) is 0 Å². The van der Waals surface area contributed by atoms with Crippen LogP contribution in [0.2, 0.25) is 0 Å². The standard InChI is InChI=1S/C10H16BrNO2/c1-7(11)5-12-6-8-3-2-4-9(8)10(13)14/h8-9,12H,1-6H2,(H,13,14). The van der Waals surface area contributed by atoms with Crippen molar-refractivity contribution < 1.29 is 9.90 Å². The van der Waals surface area contributed by atoms with Crippen LogP contribution in [0, 0.1) is 11.8 Å². The van der Waals surface area contributed by atoms with E-state index in [1.165, 1.54) is 0 Å². The van der Waals surface area contributed by atoms with Crippen molar-refractivity contribution in [1.82, 2.24) is 5.32 Å². The molecule has 1 fully saturated rings. The SMILES string of the molecule is C=C(Br)CNCC1CCCC1C(=O)O. The first-order chi connectivity index (χ1) is 6.61. The molecule has 80 valence electrons. The van der Waals surface area contributed by atoms with Gasteiger partial charge in [0, 0.05) is 11.0 Å². The second kappa shape index (κ2) is 5.51. The zero-order valence-electron chi connectivity index (χ0n) is 8.13. The highest BCUT2D eigenvalue weighted by Crippen LogP contribution is 2.31. The normalized spacial score (nSPS) is 26.4. The van der Waals surface area contributed by atoms with Crippen molar-refractivity contribution in [1.29, 1.82) is 0 Å². The van der Waals surface area contributed by atoms with E-state index >= 15 is 0 Å². The van der Waals surface area contributed by atoms with Crippen molar-refractivity contribution in [3.05, 3.63) is 11.1 Å². The maximum absolute atomic E-state index is 10.9. The molecule has 0 aromatic carbocycles. The fraction of sp³-hybridized carbons (Fsp3) is 0.700. The van der Waals surface area contributed by atoms with Gasteiger partial charge in [0.2, 0.25) is 0 Å². The molecule has 0 saturated heterocycles. The van der Waals surface area contributed by atoms with Gasteiger partial charge in [0.25, 0.3) is 0 Å². The third-order valence-electron chi connectivity index (χ3n) is 2.70. The first-order valence-corrected chi connectivity index (χ1v) is 5.67. The van der Waals surface area contributed by atoms with E-state index in [0.29, 0.717) is 12.5 Å². The lowest BCUT2D eigenvalue weighted by Gasteiger charge is -2.15. The van der Waals surface area contributed by atoms with Gasteiger partial charge >= 0.3 is 5.97 Å². The molecule has 4 heteroatoms. The van der Waals surface area contributed by atoms with Gasteiger partial charge in [0.05, 0.1) is 5.92 Å². The van der Waals surface area contributed by atoms with Crippen LogP contribution in [0.5, 0.6) is 0 Å². The van der Waals surface area contributed by atoms with E-state index in [1.54, 1.807) is 0 Å². The van der Waals surface area contributed by atoms with E-state index in [4.69, 9.17) is 5.11 Å². The van der Waals surface area contributed by atoms with Gasteiger partial charge in [-0.1, -0.05) is 28.9 Å². The second-order valence-electron chi connectivity index (χ2n) is 3.78. The van der Waals surface area contributed by atoms with E-state index in [0.717, 1.165) is 30.3 Å². The highest BCUT2D eigenvalue weighted by molar-refractivity contribution is 9.11. The summed E-state index contributed by atoms with van der Waals surface area (Å²) in [5, 5.41) is 12.1. The van der Waals surface area contributed by atoms with Crippen LogP contribution in [0.3, 0.4) is 0 Å². The molecule has 14 heavy (non-hydrogen) atoms. The number of hydrogen-bond acceptors (Lipinski definition) is 2. The highest BCUT2D eigenvalue weighted by Gasteiger charge is 2.32. The van der Waals surface area contributed by atoms with Crippen molar-refractivity contribution in [3.8, 4) is 0 Å². The molecule has 0 aromatic rings. The summed E-state index contributed by atoms with van der Waals surface area (Å²) in [6.07, 6.45) is 2.90. The summed E-state index contributed by atoms with van der Waals surface area (Å²) in [7, 11) is 0. The van der Waals surface area contributed by atoms with E-state index < -0.39 is 5.97 Å². The number of carboxylic acids is 1. The summed E-state index contributed by atoms with van der Waals surface area (Å²) in [5.74, 6) is -0.502. The molecule has 0 aromatic heterocycles. The van der Waals surface area contributed by atoms with Gasteiger partial charge < -0.3 is 10.4 Å². The average Bonchev–Trinajstić information content (AvgIpc) is 2.51. The quantitative estimate of drug-likeness (QED) is 0.796. The minimum atomic E-state index is -0.646. The maximum atomic E-state index is 10.9. The number of rotatable bonds is 5. The molecule has 2 N–H and O–H groups in total. The van der Waals surface area contributed by atoms with Gasteiger partial charge in [0.1, 0.15) is 0 Å². The van der Waals surface area contributed by atoms with Gasteiger partial charge in [-0.25, -0.2) is 0 Å². The van der Waals surface area contributed by atoms with Crippen LogP contribution in [-0.4, -0.2) is 24.2 Å². The Balaban J connectivity index is 2.29. The molecule has 1 aliphatic rings. The van der Waals surface area contributed by atoms with Crippen molar-refractivity contribution in [2.75, 3.05) is 13.1 Å². The third-order valence-corrected chi connectivity index (χ3v) is 2.98. The Hall–Kier alpha value is -0.350. The summed E-state index contributed by atoms with van der Waals surface area (Å²) in [6.45, 7) is 5.20. The topological polar surface area (TPSA) is 49.3 Å². The Morgan fingerprint density at radius 2 is 2.29 bits per heavy atom. The highest BCUT2D eigenvalue weighted by atomic mass is 79.9. The minimum Gasteiger partial charge on any atom is -0.481 e. The molecule has 2 atom stereocenters. The number of carbonyl (C=O) groups is 1. The number of aliphatic carboxylic acids is 1. The lowest BCUT2D eigenvalue weighted by atomic mass is 9.96. The molecule has 3 nitrogen and oxygen atoms in total. The Labute approximate surface area is 92.7 Å². The van der Waals surface area contributed by atoms with Crippen LogP contribution >= 0.6 is 15.9 Å². The van der Waals surface area contributed by atoms with E-state index in [-0.39, 0.29) is 5.92 Å². The van der Waals surface area contributed by atoms with Crippen LogP contribution in [0.4, 0.5) is 0 Å². The Kier molecular flexibility index (Phi) is 4.62. The molecule has 0 spiro atoms. The Bertz CT molecular complexity index is 230. The van der Waals surface area contributed by atoms with Gasteiger partial charge in [-0.15, -0.1) is 0 Å². The second-order valence-corrected chi connectivity index (χ2v) is 4.91. The molecule has 0 aliphatic heterocycles. The predicted octanol–water partition coefficient (Wildman–Crippen LogP) is 1.99. The van der Waals surface area contributed by atoms with Gasteiger partial charge in [0.15, 0.2) is 0 Å². The van der Waals surface area contributed by atoms with E-state index in [2.05, 4.69) is 27.8 Å². The lowest BCUT2D eigenvalue weighted by Crippen LogP contribution is -2.29. The first-order valence-electron chi connectivity index (χ1n) is 4.88. The summed E-state index contributed by atoms with van der Waals surface area (Å²) in [4.78, 5) is 10.9. The molecular weight excluding hydrogens is 246 g/mol. The smallest absolute Gasteiger partial charge is 0.306 e. The van der Waals surface area contributed by atoms with Crippen LogP contribution < -0.4 is 5.32 Å². The van der Waals surface area contributed by atoms with Crippen molar-refractivity contribution in [2.24, 2.45) is 11.8 Å². The fourth-order valence-electron chi connectivity index (χ4n) is 2.00. The fourth-order valence-corrected chi connectivity index (χ4v) is 2.20. The molecular formula is C10H16BrNO2. The van der Waals surface area contributed by atoms with Crippen molar-refractivity contribution in [3.63, 3.8) is 0 Å². The number of hydrogen-bond donors (Lipinski definition) is 2. The summed E-state index contributed by atoms with van der Waals surface area (Å²) < 4.78 is 0.905. The third kappa shape index (κ3) is 3.42. The summed E-state index contributed by atoms with van der Waals surface area (Å²) >= 11 is 3.25. The molecule has 1 rings (SSSR count). The Morgan fingerprint density at radius 1 is 1.57 bits per heavy atom. The van der Waals surface area contributed by atoms with Crippen molar-refractivity contribution in [2.45, 2.75) is 19.3 Å². The van der Waals surface area contributed by atoms with E-state index in [1.807, 2.05) is 0 Å². The average molecular weight is 262 g/mol. The molecule has 0 radical (unpaired) electrons. The first kappa shape index (κ1) is 11.7. The van der Waals surface area contributed by atoms with Crippen LogP contribution in [0.1, 0.15) is 19.3 Å². The van der Waals surface area contributed by atoms with Gasteiger partial charge in [-0.05, 0) is 25.3 Å². The number of carboxylic acid groups (broad SMARTS) is 1. The molecule has 0 heterocycles. The molecule has 1 saturated carbocycles. The summed E-state index contributed by atoms with van der Waals surface area (Å²) in [6, 6.07) is 0. The molecule has 2 unspecified atom stereocenters. The Morgan fingerprint density at radius 3 is 2.86 bits per heavy atom. The largest absolute Gasteiger partial charge is 0.481 e. The van der Waals surface area contributed by atoms with Crippen LogP contribution in [0.15, 0.2) is 11.1 Å². The van der Waals surface area contributed by atoms with Crippen molar-refractivity contribution >= 4 is 21.9 Å². The monoisotopic (exact) mass is 261 g/mol. The van der Waals surface area contributed by atoms with Gasteiger partial charge in [-0.2, -0.15) is 0 Å². The number of halogens is 1. The minimum absolute atomic E-state index is 0.147. The lowest BCUT2D eigenvalue weighted by molar-refractivity contribution is -0.142. The van der Waals surface area contributed by atoms with E-state index in [9.17, 15) is 4.79 Å². The predicted molar refractivity (Wildman–Crippen MR) is 59.4 cm³/mol. The summed E-state index contributed by atoms with van der Waals surface area (Å²) in [5.41, 5.74) is 0. The zero-order chi connectivity index (χ0) is 10.6. The molecule has 0 amide bonds. The van der Waals surface area contributed by atoms with Gasteiger partial charge in [-0.3, -0.25) is 4.79 Å².